The third-order valence-electron chi connectivity index (χ3n) is 3.51. The van der Waals surface area contributed by atoms with E-state index in [9.17, 15) is 4.79 Å². The summed E-state index contributed by atoms with van der Waals surface area (Å²) >= 11 is 3.41. The van der Waals surface area contributed by atoms with Gasteiger partial charge in [-0.25, -0.2) is 0 Å². The highest BCUT2D eigenvalue weighted by Gasteiger charge is 2.31. The molecule has 0 aliphatic carbocycles. The van der Waals surface area contributed by atoms with Crippen molar-refractivity contribution >= 4 is 21.8 Å². The molecule has 1 aromatic rings. The number of nitrogens with one attached hydrogen (secondary N) is 1. The Labute approximate surface area is 117 Å². The minimum atomic E-state index is -0.00884. The summed E-state index contributed by atoms with van der Waals surface area (Å²) in [4.78, 5) is 14.1. The van der Waals surface area contributed by atoms with E-state index in [1.165, 1.54) is 0 Å². The molecule has 18 heavy (non-hydrogen) atoms. The molecule has 1 heterocycles. The maximum atomic E-state index is 12.3. The lowest BCUT2D eigenvalue weighted by Gasteiger charge is -2.23. The Hall–Kier alpha value is -0.870. The molecule has 1 N–H and O–H groups in total. The van der Waals surface area contributed by atoms with Gasteiger partial charge >= 0.3 is 0 Å². The number of rotatable bonds is 3. The molecule has 0 aromatic heterocycles. The van der Waals surface area contributed by atoms with Crippen molar-refractivity contribution in [2.45, 2.75) is 25.9 Å². The fraction of sp³-hybridized carbons (Fsp3) is 0.500. The van der Waals surface area contributed by atoms with E-state index in [0.29, 0.717) is 12.5 Å². The van der Waals surface area contributed by atoms with Gasteiger partial charge in [-0.15, -0.1) is 0 Å². The van der Waals surface area contributed by atoms with Crippen molar-refractivity contribution in [1.29, 1.82) is 0 Å². The highest BCUT2D eigenvalue weighted by molar-refractivity contribution is 9.10. The van der Waals surface area contributed by atoms with Crippen LogP contribution in [0.5, 0.6) is 0 Å². The monoisotopic (exact) mass is 310 g/mol. The molecular formula is C14H19BrN2O. The summed E-state index contributed by atoms with van der Waals surface area (Å²) in [5.41, 5.74) is 1.15. The molecule has 1 aromatic carbocycles. The van der Waals surface area contributed by atoms with E-state index in [-0.39, 0.29) is 11.9 Å². The summed E-state index contributed by atoms with van der Waals surface area (Å²) in [7, 11) is 1.87. The van der Waals surface area contributed by atoms with Crippen LogP contribution in [0.2, 0.25) is 0 Å². The summed E-state index contributed by atoms with van der Waals surface area (Å²) in [6.45, 7) is 3.75. The zero-order chi connectivity index (χ0) is 13.1. The van der Waals surface area contributed by atoms with Crippen LogP contribution >= 0.6 is 15.9 Å². The fourth-order valence-electron chi connectivity index (χ4n) is 2.34. The normalized spacial score (nSPS) is 23.1. The number of halogens is 1. The maximum absolute atomic E-state index is 12.3. The van der Waals surface area contributed by atoms with Crippen molar-refractivity contribution in [3.63, 3.8) is 0 Å². The Balaban J connectivity index is 1.97. The first-order valence-corrected chi connectivity index (χ1v) is 7.10. The number of amides is 1. The first-order chi connectivity index (χ1) is 8.58. The minimum absolute atomic E-state index is 0.00884. The van der Waals surface area contributed by atoms with Crippen LogP contribution in [0.1, 0.15) is 18.9 Å². The summed E-state index contributed by atoms with van der Waals surface area (Å²) in [6, 6.07) is 8.08. The van der Waals surface area contributed by atoms with Crippen LogP contribution < -0.4 is 5.32 Å². The van der Waals surface area contributed by atoms with E-state index >= 15 is 0 Å². The molecule has 1 amide bonds. The lowest BCUT2D eigenvalue weighted by atomic mass is 10.0. The Morgan fingerprint density at radius 1 is 1.44 bits per heavy atom. The Kier molecular flexibility index (Phi) is 4.40. The molecular weight excluding hydrogens is 292 g/mol. The van der Waals surface area contributed by atoms with Gasteiger partial charge in [0.15, 0.2) is 0 Å². The summed E-state index contributed by atoms with van der Waals surface area (Å²) in [5, 5.41) is 3.28. The second-order valence-corrected chi connectivity index (χ2v) is 5.93. The number of likely N-dealkylation sites (N-methyl/N-ethyl adjacent to an activating group) is 1. The average molecular weight is 311 g/mol. The zero-order valence-corrected chi connectivity index (χ0v) is 12.4. The van der Waals surface area contributed by atoms with Gasteiger partial charge in [-0.3, -0.25) is 4.79 Å². The molecule has 2 unspecified atom stereocenters. The van der Waals surface area contributed by atoms with Gasteiger partial charge in [-0.1, -0.05) is 35.0 Å². The number of nitrogens with zero attached hydrogens (tertiary/aromatic N) is 1. The molecule has 0 spiro atoms. The van der Waals surface area contributed by atoms with Gasteiger partial charge in [0.2, 0.25) is 5.91 Å². The Morgan fingerprint density at radius 2 is 2.11 bits per heavy atom. The largest absolute Gasteiger partial charge is 0.340 e. The fourth-order valence-corrected chi connectivity index (χ4v) is 2.61. The van der Waals surface area contributed by atoms with Crippen molar-refractivity contribution in [3.05, 3.63) is 34.3 Å². The van der Waals surface area contributed by atoms with Crippen LogP contribution in [0.4, 0.5) is 0 Å². The molecule has 0 bridgehead atoms. The van der Waals surface area contributed by atoms with Gasteiger partial charge in [0, 0.05) is 18.1 Å². The van der Waals surface area contributed by atoms with Gasteiger partial charge in [-0.05, 0) is 36.6 Å². The van der Waals surface area contributed by atoms with Gasteiger partial charge in [-0.2, -0.15) is 0 Å². The second kappa shape index (κ2) is 5.85. The maximum Gasteiger partial charge on any atom is 0.240 e. The number of hydrogen-bond acceptors (Lipinski definition) is 2. The van der Waals surface area contributed by atoms with Crippen molar-refractivity contribution in [3.8, 4) is 0 Å². The van der Waals surface area contributed by atoms with Crippen LogP contribution in [-0.4, -0.2) is 30.4 Å². The van der Waals surface area contributed by atoms with Crippen molar-refractivity contribution in [1.82, 2.24) is 10.2 Å². The van der Waals surface area contributed by atoms with E-state index in [0.717, 1.165) is 23.0 Å². The van der Waals surface area contributed by atoms with Crippen molar-refractivity contribution < 1.29 is 4.79 Å². The SMILES string of the molecule is CC1CCNC1C(=O)N(C)Cc1ccc(Br)cc1. The molecule has 1 aliphatic heterocycles. The van der Waals surface area contributed by atoms with Gasteiger partial charge in [0.25, 0.3) is 0 Å². The van der Waals surface area contributed by atoms with Crippen LogP contribution in [0.25, 0.3) is 0 Å². The number of hydrogen-bond donors (Lipinski definition) is 1. The third kappa shape index (κ3) is 3.12. The molecule has 2 atom stereocenters. The molecule has 0 radical (unpaired) electrons. The molecule has 1 saturated heterocycles. The lowest BCUT2D eigenvalue weighted by molar-refractivity contribution is -0.133. The quantitative estimate of drug-likeness (QED) is 0.930. The lowest BCUT2D eigenvalue weighted by Crippen LogP contribution is -2.43. The number of benzene rings is 1. The van der Waals surface area contributed by atoms with Crippen LogP contribution in [0.15, 0.2) is 28.7 Å². The van der Waals surface area contributed by atoms with E-state index in [2.05, 4.69) is 28.2 Å². The average Bonchev–Trinajstić information content (AvgIpc) is 2.77. The van der Waals surface area contributed by atoms with Crippen LogP contribution in [0, 0.1) is 5.92 Å². The molecule has 0 saturated carbocycles. The molecule has 2 rings (SSSR count). The van der Waals surface area contributed by atoms with Gasteiger partial charge < -0.3 is 10.2 Å². The highest BCUT2D eigenvalue weighted by atomic mass is 79.9. The smallest absolute Gasteiger partial charge is 0.240 e. The molecule has 1 aliphatic rings. The first-order valence-electron chi connectivity index (χ1n) is 6.30. The minimum Gasteiger partial charge on any atom is -0.340 e. The summed E-state index contributed by atoms with van der Waals surface area (Å²) in [6.07, 6.45) is 1.09. The summed E-state index contributed by atoms with van der Waals surface area (Å²) in [5.74, 6) is 0.632. The number of carbonyl (C=O) groups excluding carboxylic acids is 1. The Bertz CT molecular complexity index is 418. The van der Waals surface area contributed by atoms with Crippen LogP contribution in [0.3, 0.4) is 0 Å². The predicted octanol–water partition coefficient (Wildman–Crippen LogP) is 2.41. The van der Waals surface area contributed by atoms with E-state index in [1.54, 1.807) is 0 Å². The molecule has 4 heteroatoms. The molecule has 98 valence electrons. The van der Waals surface area contributed by atoms with Crippen molar-refractivity contribution in [2.75, 3.05) is 13.6 Å². The van der Waals surface area contributed by atoms with E-state index in [4.69, 9.17) is 0 Å². The molecule has 3 nitrogen and oxygen atoms in total. The van der Waals surface area contributed by atoms with E-state index < -0.39 is 0 Å². The van der Waals surface area contributed by atoms with Gasteiger partial charge in [0.1, 0.15) is 0 Å². The van der Waals surface area contributed by atoms with E-state index in [1.807, 2.05) is 36.2 Å². The van der Waals surface area contributed by atoms with Crippen LogP contribution in [-0.2, 0) is 11.3 Å². The third-order valence-corrected chi connectivity index (χ3v) is 4.04. The highest BCUT2D eigenvalue weighted by Crippen LogP contribution is 2.17. The van der Waals surface area contributed by atoms with Crippen molar-refractivity contribution in [2.24, 2.45) is 5.92 Å². The predicted molar refractivity (Wildman–Crippen MR) is 76.2 cm³/mol. The standard InChI is InChI=1S/C14H19BrN2O/c1-10-7-8-16-13(10)14(18)17(2)9-11-3-5-12(15)6-4-11/h3-6,10,13,16H,7-9H2,1-2H3. The number of carbonyl (C=O) groups is 1. The second-order valence-electron chi connectivity index (χ2n) is 5.02. The molecule has 1 fully saturated rings. The first kappa shape index (κ1) is 13.6. The topological polar surface area (TPSA) is 32.3 Å². The Morgan fingerprint density at radius 3 is 2.67 bits per heavy atom. The summed E-state index contributed by atoms with van der Waals surface area (Å²) < 4.78 is 1.06. The van der Waals surface area contributed by atoms with Gasteiger partial charge in [0.05, 0.1) is 6.04 Å². The zero-order valence-electron chi connectivity index (χ0n) is 10.8.